The summed E-state index contributed by atoms with van der Waals surface area (Å²) in [4.78, 5) is 8.86. The fraction of sp³-hybridized carbons (Fsp3) is 0.667. The lowest BCUT2D eigenvalue weighted by Gasteiger charge is -2.09. The van der Waals surface area contributed by atoms with Crippen LogP contribution in [-0.4, -0.2) is 16.5 Å². The molecule has 0 saturated heterocycles. The molecule has 16 heavy (non-hydrogen) atoms. The minimum Gasteiger partial charge on any atom is -0.370 e. The fourth-order valence-electron chi connectivity index (χ4n) is 1.70. The van der Waals surface area contributed by atoms with Crippen molar-refractivity contribution in [2.75, 3.05) is 11.9 Å². The van der Waals surface area contributed by atoms with E-state index >= 15 is 0 Å². The van der Waals surface area contributed by atoms with E-state index < -0.39 is 0 Å². The van der Waals surface area contributed by atoms with Crippen LogP contribution in [0.1, 0.15) is 38.9 Å². The Bertz CT molecular complexity index is 379. The van der Waals surface area contributed by atoms with E-state index in [0.29, 0.717) is 5.92 Å². The van der Waals surface area contributed by atoms with E-state index in [1.165, 1.54) is 6.42 Å². The SMILES string of the molecule is CC(C)c1nc(Br)cc(NCC2CC2C)n1. The largest absolute Gasteiger partial charge is 0.370 e. The van der Waals surface area contributed by atoms with Gasteiger partial charge in [0.2, 0.25) is 0 Å². The molecule has 0 aromatic carbocycles. The molecule has 0 spiro atoms. The number of nitrogens with zero attached hydrogens (tertiary/aromatic N) is 2. The minimum atomic E-state index is 0.359. The monoisotopic (exact) mass is 283 g/mol. The summed E-state index contributed by atoms with van der Waals surface area (Å²) < 4.78 is 0.859. The predicted octanol–water partition coefficient (Wildman–Crippen LogP) is 3.43. The van der Waals surface area contributed by atoms with Gasteiger partial charge in [0.1, 0.15) is 16.2 Å². The lowest BCUT2D eigenvalue weighted by Crippen LogP contribution is -2.08. The Morgan fingerprint density at radius 1 is 1.50 bits per heavy atom. The van der Waals surface area contributed by atoms with Gasteiger partial charge in [0.05, 0.1) is 0 Å². The van der Waals surface area contributed by atoms with E-state index in [2.05, 4.69) is 52.0 Å². The van der Waals surface area contributed by atoms with Crippen molar-refractivity contribution in [3.8, 4) is 0 Å². The Balaban J connectivity index is 2.02. The molecule has 4 heteroatoms. The van der Waals surface area contributed by atoms with Crippen LogP contribution >= 0.6 is 15.9 Å². The third-order valence-corrected chi connectivity index (χ3v) is 3.46. The quantitative estimate of drug-likeness (QED) is 0.861. The highest BCUT2D eigenvalue weighted by Crippen LogP contribution is 2.37. The smallest absolute Gasteiger partial charge is 0.134 e. The second kappa shape index (κ2) is 4.70. The molecule has 1 aromatic heterocycles. The zero-order valence-electron chi connectivity index (χ0n) is 10.00. The van der Waals surface area contributed by atoms with E-state index in [9.17, 15) is 0 Å². The van der Waals surface area contributed by atoms with Gasteiger partial charge in [-0.3, -0.25) is 0 Å². The molecule has 1 N–H and O–H groups in total. The second-order valence-electron chi connectivity index (χ2n) is 4.94. The van der Waals surface area contributed by atoms with Crippen LogP contribution in [0.25, 0.3) is 0 Å². The molecule has 2 unspecified atom stereocenters. The maximum absolute atomic E-state index is 4.51. The van der Waals surface area contributed by atoms with Crippen LogP contribution in [0, 0.1) is 11.8 Å². The molecular formula is C12H18BrN3. The first kappa shape index (κ1) is 11.8. The van der Waals surface area contributed by atoms with Crippen LogP contribution in [0.4, 0.5) is 5.82 Å². The third-order valence-electron chi connectivity index (χ3n) is 3.05. The molecule has 2 rings (SSSR count). The molecule has 1 aliphatic rings. The van der Waals surface area contributed by atoms with Crippen molar-refractivity contribution in [3.63, 3.8) is 0 Å². The molecular weight excluding hydrogens is 266 g/mol. The summed E-state index contributed by atoms with van der Waals surface area (Å²) in [5, 5.41) is 3.39. The van der Waals surface area contributed by atoms with Gasteiger partial charge in [-0.05, 0) is 34.2 Å². The molecule has 2 atom stereocenters. The minimum absolute atomic E-state index is 0.359. The van der Waals surface area contributed by atoms with E-state index in [1.54, 1.807) is 0 Å². The molecule has 1 fully saturated rings. The van der Waals surface area contributed by atoms with Crippen LogP contribution in [-0.2, 0) is 0 Å². The highest BCUT2D eigenvalue weighted by molar-refractivity contribution is 9.10. The summed E-state index contributed by atoms with van der Waals surface area (Å²) in [6.07, 6.45) is 1.34. The lowest BCUT2D eigenvalue weighted by molar-refractivity contribution is 0.757. The zero-order valence-corrected chi connectivity index (χ0v) is 11.6. The molecule has 1 aromatic rings. The van der Waals surface area contributed by atoms with Gasteiger partial charge in [-0.15, -0.1) is 0 Å². The summed E-state index contributed by atoms with van der Waals surface area (Å²) in [6, 6.07) is 1.94. The molecule has 1 aliphatic carbocycles. The normalized spacial score (nSPS) is 23.6. The number of anilines is 1. The standard InChI is InChI=1S/C12H18BrN3/c1-7(2)12-15-10(13)5-11(16-12)14-6-9-4-8(9)3/h5,7-9H,4,6H2,1-3H3,(H,14,15,16). The van der Waals surface area contributed by atoms with Crippen molar-refractivity contribution in [1.82, 2.24) is 9.97 Å². The van der Waals surface area contributed by atoms with Gasteiger partial charge in [-0.2, -0.15) is 0 Å². The number of nitrogens with one attached hydrogen (secondary N) is 1. The van der Waals surface area contributed by atoms with Gasteiger partial charge in [0.25, 0.3) is 0 Å². The highest BCUT2D eigenvalue weighted by Gasteiger charge is 2.31. The Hall–Kier alpha value is -0.640. The van der Waals surface area contributed by atoms with Crippen molar-refractivity contribution in [1.29, 1.82) is 0 Å². The van der Waals surface area contributed by atoms with Gasteiger partial charge in [0.15, 0.2) is 0 Å². The first-order chi connectivity index (χ1) is 7.56. The summed E-state index contributed by atoms with van der Waals surface area (Å²) in [5.74, 6) is 3.89. The Kier molecular flexibility index (Phi) is 3.47. The molecule has 1 saturated carbocycles. The summed E-state index contributed by atoms with van der Waals surface area (Å²) in [6.45, 7) is 7.53. The van der Waals surface area contributed by atoms with E-state index in [0.717, 1.165) is 34.6 Å². The second-order valence-corrected chi connectivity index (χ2v) is 5.76. The molecule has 0 aliphatic heterocycles. The average Bonchev–Trinajstić information content (AvgIpc) is 2.91. The number of hydrogen-bond acceptors (Lipinski definition) is 3. The van der Waals surface area contributed by atoms with Crippen LogP contribution in [0.5, 0.6) is 0 Å². The van der Waals surface area contributed by atoms with E-state index in [4.69, 9.17) is 0 Å². The first-order valence-electron chi connectivity index (χ1n) is 5.84. The third kappa shape index (κ3) is 2.94. The Labute approximate surface area is 105 Å². The van der Waals surface area contributed by atoms with Gasteiger partial charge in [-0.25, -0.2) is 9.97 Å². The number of halogens is 1. The van der Waals surface area contributed by atoms with Crippen LogP contribution in [0.3, 0.4) is 0 Å². The molecule has 0 amide bonds. The first-order valence-corrected chi connectivity index (χ1v) is 6.64. The zero-order chi connectivity index (χ0) is 11.7. The number of rotatable bonds is 4. The van der Waals surface area contributed by atoms with Gasteiger partial charge < -0.3 is 5.32 Å². The molecule has 88 valence electrons. The maximum Gasteiger partial charge on any atom is 0.134 e. The Morgan fingerprint density at radius 3 is 2.75 bits per heavy atom. The van der Waals surface area contributed by atoms with Crippen molar-refractivity contribution in [3.05, 3.63) is 16.5 Å². The fourth-order valence-corrected chi connectivity index (χ4v) is 2.10. The molecule has 0 bridgehead atoms. The Morgan fingerprint density at radius 2 is 2.19 bits per heavy atom. The van der Waals surface area contributed by atoms with Gasteiger partial charge in [-0.1, -0.05) is 20.8 Å². The number of aromatic nitrogens is 2. The van der Waals surface area contributed by atoms with Crippen LogP contribution in [0.2, 0.25) is 0 Å². The van der Waals surface area contributed by atoms with Crippen molar-refractivity contribution in [2.24, 2.45) is 11.8 Å². The van der Waals surface area contributed by atoms with Crippen molar-refractivity contribution >= 4 is 21.7 Å². The van der Waals surface area contributed by atoms with Crippen molar-refractivity contribution < 1.29 is 0 Å². The van der Waals surface area contributed by atoms with Gasteiger partial charge in [0, 0.05) is 18.5 Å². The molecule has 1 heterocycles. The summed E-state index contributed by atoms with van der Waals surface area (Å²) in [5.41, 5.74) is 0. The topological polar surface area (TPSA) is 37.8 Å². The molecule has 3 nitrogen and oxygen atoms in total. The van der Waals surface area contributed by atoms with E-state index in [-0.39, 0.29) is 0 Å². The highest BCUT2D eigenvalue weighted by atomic mass is 79.9. The van der Waals surface area contributed by atoms with Crippen LogP contribution < -0.4 is 5.32 Å². The predicted molar refractivity (Wildman–Crippen MR) is 69.6 cm³/mol. The van der Waals surface area contributed by atoms with E-state index in [1.807, 2.05) is 6.07 Å². The summed E-state index contributed by atoms with van der Waals surface area (Å²) >= 11 is 3.42. The number of hydrogen-bond donors (Lipinski definition) is 1. The lowest BCUT2D eigenvalue weighted by atomic mass is 10.2. The van der Waals surface area contributed by atoms with Crippen LogP contribution in [0.15, 0.2) is 10.7 Å². The summed E-state index contributed by atoms with van der Waals surface area (Å²) in [7, 11) is 0. The maximum atomic E-state index is 4.51. The van der Waals surface area contributed by atoms with Gasteiger partial charge >= 0.3 is 0 Å². The molecule has 0 radical (unpaired) electrons. The van der Waals surface area contributed by atoms with Crippen molar-refractivity contribution in [2.45, 2.75) is 33.1 Å². The average molecular weight is 284 g/mol.